The van der Waals surface area contributed by atoms with Crippen LogP contribution in [0.5, 0.6) is 0 Å². The number of benzene rings is 1. The number of hydrogen-bond acceptors (Lipinski definition) is 2. The second-order valence-corrected chi connectivity index (χ2v) is 4.95. The summed E-state index contributed by atoms with van der Waals surface area (Å²) in [5.41, 5.74) is 9.47. The fourth-order valence-electron chi connectivity index (χ4n) is 2.66. The quantitative estimate of drug-likeness (QED) is 0.789. The maximum absolute atomic E-state index is 6.08. The Bertz CT molecular complexity index is 360. The van der Waals surface area contributed by atoms with Crippen molar-refractivity contribution in [3.05, 3.63) is 23.8 Å². The van der Waals surface area contributed by atoms with Crippen LogP contribution in [-0.4, -0.2) is 13.1 Å². The number of nitrogen functional groups attached to an aromatic ring is 1. The Hall–Kier alpha value is -1.18. The molecule has 2 rings (SSSR count). The highest BCUT2D eigenvalue weighted by molar-refractivity contribution is 5.68. The van der Waals surface area contributed by atoms with Gasteiger partial charge in [-0.15, -0.1) is 0 Å². The van der Waals surface area contributed by atoms with Crippen LogP contribution in [0.1, 0.15) is 31.7 Å². The van der Waals surface area contributed by atoms with E-state index in [9.17, 15) is 0 Å². The molecule has 0 saturated carbocycles. The molecule has 2 nitrogen and oxygen atoms in total. The predicted molar refractivity (Wildman–Crippen MR) is 70.8 cm³/mol. The lowest BCUT2D eigenvalue weighted by Gasteiger charge is -2.21. The molecule has 0 aliphatic carbocycles. The van der Waals surface area contributed by atoms with Gasteiger partial charge in [0.2, 0.25) is 0 Å². The van der Waals surface area contributed by atoms with E-state index in [0.29, 0.717) is 0 Å². The molecule has 0 bridgehead atoms. The molecular weight excluding hydrogens is 196 g/mol. The molecular formula is C14H22N2. The van der Waals surface area contributed by atoms with Gasteiger partial charge in [-0.1, -0.05) is 19.4 Å². The first-order valence-electron chi connectivity index (χ1n) is 6.31. The van der Waals surface area contributed by atoms with E-state index in [-0.39, 0.29) is 0 Å². The minimum atomic E-state index is 0.866. The highest BCUT2D eigenvalue weighted by Gasteiger charge is 2.22. The fraction of sp³-hybridized carbons (Fsp3) is 0.571. The largest absolute Gasteiger partial charge is 0.397 e. The molecule has 0 radical (unpaired) electrons. The van der Waals surface area contributed by atoms with E-state index < -0.39 is 0 Å². The zero-order chi connectivity index (χ0) is 11.5. The normalized spacial score (nSPS) is 20.4. The molecule has 88 valence electrons. The van der Waals surface area contributed by atoms with E-state index in [1.54, 1.807) is 0 Å². The topological polar surface area (TPSA) is 29.3 Å². The average Bonchev–Trinajstić information content (AvgIpc) is 2.67. The summed E-state index contributed by atoms with van der Waals surface area (Å²) in [4.78, 5) is 2.44. The van der Waals surface area contributed by atoms with Crippen molar-refractivity contribution in [2.75, 3.05) is 23.7 Å². The highest BCUT2D eigenvalue weighted by atomic mass is 15.2. The van der Waals surface area contributed by atoms with Gasteiger partial charge in [0.25, 0.3) is 0 Å². The Kier molecular flexibility index (Phi) is 3.37. The number of nitrogens with two attached hydrogens (primary N) is 1. The van der Waals surface area contributed by atoms with Gasteiger partial charge >= 0.3 is 0 Å². The van der Waals surface area contributed by atoms with Crippen LogP contribution in [0.4, 0.5) is 11.4 Å². The van der Waals surface area contributed by atoms with Crippen molar-refractivity contribution in [2.45, 2.75) is 33.1 Å². The van der Waals surface area contributed by atoms with Crippen molar-refractivity contribution in [2.24, 2.45) is 5.92 Å². The minimum absolute atomic E-state index is 0.866. The summed E-state index contributed by atoms with van der Waals surface area (Å²) in [6.07, 6.45) is 3.96. The summed E-state index contributed by atoms with van der Waals surface area (Å²) in [6, 6.07) is 6.39. The molecule has 0 amide bonds. The molecule has 1 aliphatic heterocycles. The van der Waals surface area contributed by atoms with Crippen molar-refractivity contribution in [3.63, 3.8) is 0 Å². The van der Waals surface area contributed by atoms with Crippen molar-refractivity contribution in [1.82, 2.24) is 0 Å². The number of rotatable bonds is 3. The van der Waals surface area contributed by atoms with E-state index in [4.69, 9.17) is 5.73 Å². The van der Waals surface area contributed by atoms with Gasteiger partial charge in [-0.05, 0) is 43.4 Å². The maximum atomic E-state index is 6.08. The fourth-order valence-corrected chi connectivity index (χ4v) is 2.66. The first-order valence-corrected chi connectivity index (χ1v) is 6.31. The monoisotopic (exact) mass is 218 g/mol. The van der Waals surface area contributed by atoms with Crippen LogP contribution in [0, 0.1) is 12.8 Å². The third kappa shape index (κ3) is 2.31. The molecule has 1 atom stereocenters. The third-order valence-electron chi connectivity index (χ3n) is 3.51. The second kappa shape index (κ2) is 4.77. The zero-order valence-electron chi connectivity index (χ0n) is 10.4. The second-order valence-electron chi connectivity index (χ2n) is 4.95. The molecule has 2 N–H and O–H groups in total. The first-order chi connectivity index (χ1) is 7.70. The predicted octanol–water partition coefficient (Wildman–Crippen LogP) is 3.20. The molecule has 1 saturated heterocycles. The lowest BCUT2D eigenvalue weighted by Crippen LogP contribution is -2.20. The van der Waals surface area contributed by atoms with Gasteiger partial charge in [-0.25, -0.2) is 0 Å². The van der Waals surface area contributed by atoms with Crippen molar-refractivity contribution >= 4 is 11.4 Å². The Morgan fingerprint density at radius 3 is 2.94 bits per heavy atom. The number of nitrogens with zero attached hydrogens (tertiary/aromatic N) is 1. The summed E-state index contributed by atoms with van der Waals surface area (Å²) in [5, 5.41) is 0. The molecule has 1 aromatic rings. The maximum Gasteiger partial charge on any atom is 0.0600 e. The van der Waals surface area contributed by atoms with Gasteiger partial charge < -0.3 is 10.6 Å². The van der Waals surface area contributed by atoms with Crippen molar-refractivity contribution in [1.29, 1.82) is 0 Å². The summed E-state index contributed by atoms with van der Waals surface area (Å²) in [7, 11) is 0. The number of anilines is 2. The van der Waals surface area contributed by atoms with Crippen LogP contribution < -0.4 is 10.6 Å². The van der Waals surface area contributed by atoms with Crippen LogP contribution in [-0.2, 0) is 0 Å². The zero-order valence-corrected chi connectivity index (χ0v) is 10.4. The number of hydrogen-bond donors (Lipinski definition) is 1. The van der Waals surface area contributed by atoms with Gasteiger partial charge in [0, 0.05) is 13.1 Å². The molecule has 1 unspecified atom stereocenters. The van der Waals surface area contributed by atoms with Gasteiger partial charge in [-0.2, -0.15) is 0 Å². The summed E-state index contributed by atoms with van der Waals surface area (Å²) in [6.45, 7) is 6.70. The van der Waals surface area contributed by atoms with Crippen molar-refractivity contribution < 1.29 is 0 Å². The summed E-state index contributed by atoms with van der Waals surface area (Å²) in [5.74, 6) is 0.866. The van der Waals surface area contributed by atoms with Crippen LogP contribution in [0.15, 0.2) is 18.2 Å². The SMILES string of the molecule is CCCC1CCN(c2ccc(C)cc2N)C1. The van der Waals surface area contributed by atoms with E-state index in [1.807, 2.05) is 0 Å². The standard InChI is InChI=1S/C14H22N2/c1-3-4-12-7-8-16(10-12)14-6-5-11(2)9-13(14)15/h5-6,9,12H,3-4,7-8,10,15H2,1-2H3. The van der Waals surface area contributed by atoms with Gasteiger partial charge in [0.05, 0.1) is 11.4 Å². The minimum Gasteiger partial charge on any atom is -0.397 e. The Balaban J connectivity index is 2.08. The molecule has 1 fully saturated rings. The van der Waals surface area contributed by atoms with Crippen LogP contribution >= 0.6 is 0 Å². The Morgan fingerprint density at radius 2 is 2.25 bits per heavy atom. The van der Waals surface area contributed by atoms with E-state index in [1.165, 1.54) is 37.1 Å². The van der Waals surface area contributed by atoms with Gasteiger partial charge in [0.1, 0.15) is 0 Å². The first kappa shape index (κ1) is 11.3. The van der Waals surface area contributed by atoms with E-state index >= 15 is 0 Å². The van der Waals surface area contributed by atoms with Crippen LogP contribution in [0.2, 0.25) is 0 Å². The molecule has 16 heavy (non-hydrogen) atoms. The molecule has 2 heteroatoms. The Morgan fingerprint density at radius 1 is 1.44 bits per heavy atom. The number of aryl methyl sites for hydroxylation is 1. The molecule has 0 aromatic heterocycles. The average molecular weight is 218 g/mol. The lowest BCUT2D eigenvalue weighted by molar-refractivity contribution is 0.530. The highest BCUT2D eigenvalue weighted by Crippen LogP contribution is 2.30. The summed E-state index contributed by atoms with van der Waals surface area (Å²) >= 11 is 0. The molecule has 1 heterocycles. The van der Waals surface area contributed by atoms with E-state index in [0.717, 1.165) is 18.2 Å². The summed E-state index contributed by atoms with van der Waals surface area (Å²) < 4.78 is 0. The molecule has 1 aliphatic rings. The Labute approximate surface area is 98.4 Å². The van der Waals surface area contributed by atoms with Crippen LogP contribution in [0.3, 0.4) is 0 Å². The molecule has 0 spiro atoms. The van der Waals surface area contributed by atoms with Crippen molar-refractivity contribution in [3.8, 4) is 0 Å². The van der Waals surface area contributed by atoms with Crippen LogP contribution in [0.25, 0.3) is 0 Å². The van der Waals surface area contributed by atoms with Gasteiger partial charge in [-0.3, -0.25) is 0 Å². The lowest BCUT2D eigenvalue weighted by atomic mass is 10.0. The van der Waals surface area contributed by atoms with Gasteiger partial charge in [0.15, 0.2) is 0 Å². The van der Waals surface area contributed by atoms with E-state index in [2.05, 4.69) is 36.9 Å². The smallest absolute Gasteiger partial charge is 0.0600 e. The third-order valence-corrected chi connectivity index (χ3v) is 3.51. The molecule has 1 aromatic carbocycles.